The molecule has 1 atom stereocenters. The van der Waals surface area contributed by atoms with E-state index in [1.54, 1.807) is 6.07 Å². The van der Waals surface area contributed by atoms with E-state index in [4.69, 9.17) is 10.2 Å². The second kappa shape index (κ2) is 5.31. The van der Waals surface area contributed by atoms with Gasteiger partial charge in [0.1, 0.15) is 23.2 Å². The lowest BCUT2D eigenvalue weighted by molar-refractivity contribution is 0.428. The fourth-order valence-electron chi connectivity index (χ4n) is 1.83. The van der Waals surface area contributed by atoms with E-state index in [-0.39, 0.29) is 12.0 Å². The molecular formula is C14H15F2NO. The maximum Gasteiger partial charge on any atom is 0.129 e. The van der Waals surface area contributed by atoms with Crippen molar-refractivity contribution in [1.29, 1.82) is 0 Å². The summed E-state index contributed by atoms with van der Waals surface area (Å²) in [6, 6.07) is 6.82. The number of rotatable bonds is 4. The molecule has 2 nitrogen and oxygen atoms in total. The Morgan fingerprint density at radius 3 is 2.39 bits per heavy atom. The van der Waals surface area contributed by atoms with Crippen LogP contribution in [0.5, 0.6) is 0 Å². The number of hydrogen-bond donors (Lipinski definition) is 1. The van der Waals surface area contributed by atoms with Gasteiger partial charge in [0.25, 0.3) is 0 Å². The van der Waals surface area contributed by atoms with Crippen LogP contribution < -0.4 is 5.73 Å². The fraction of sp³-hybridized carbons (Fsp3) is 0.286. The van der Waals surface area contributed by atoms with Gasteiger partial charge in [-0.1, -0.05) is 13.0 Å². The van der Waals surface area contributed by atoms with Crippen molar-refractivity contribution in [3.63, 3.8) is 0 Å². The van der Waals surface area contributed by atoms with Gasteiger partial charge in [0.2, 0.25) is 0 Å². The highest BCUT2D eigenvalue weighted by molar-refractivity contribution is 5.22. The molecule has 1 aromatic carbocycles. The Hall–Kier alpha value is -1.68. The number of nitrogens with two attached hydrogens (primary N) is 1. The van der Waals surface area contributed by atoms with E-state index in [0.717, 1.165) is 12.2 Å². The Morgan fingerprint density at radius 1 is 1.17 bits per heavy atom. The third-order valence-electron chi connectivity index (χ3n) is 2.88. The lowest BCUT2D eigenvalue weighted by atomic mass is 10.0. The van der Waals surface area contributed by atoms with Gasteiger partial charge in [0.05, 0.1) is 6.04 Å². The largest absolute Gasteiger partial charge is 0.464 e. The molecule has 2 N–H and O–H groups in total. The summed E-state index contributed by atoms with van der Waals surface area (Å²) in [6.45, 7) is 1.96. The molecule has 0 saturated heterocycles. The zero-order valence-electron chi connectivity index (χ0n) is 10.1. The average molecular weight is 251 g/mol. The predicted octanol–water partition coefficient (Wildman–Crippen LogP) is 3.36. The van der Waals surface area contributed by atoms with E-state index in [1.807, 2.05) is 13.0 Å². The standard InChI is InChI=1S/C14H15F2NO/c1-2-9-6-7-14(18-9)13(17)8-10-11(15)4-3-5-12(10)16/h3-7,13H,2,8,17H2,1H3. The Kier molecular flexibility index (Phi) is 3.77. The van der Waals surface area contributed by atoms with Gasteiger partial charge in [0, 0.05) is 18.4 Å². The molecule has 0 spiro atoms. The maximum absolute atomic E-state index is 13.5. The summed E-state index contributed by atoms with van der Waals surface area (Å²) in [4.78, 5) is 0. The number of furan rings is 1. The first kappa shape index (κ1) is 12.8. The first-order chi connectivity index (χ1) is 8.61. The van der Waals surface area contributed by atoms with Crippen LogP contribution in [-0.4, -0.2) is 0 Å². The number of benzene rings is 1. The van der Waals surface area contributed by atoms with Crippen LogP contribution in [0.4, 0.5) is 8.78 Å². The molecule has 0 aliphatic heterocycles. The fourth-order valence-corrected chi connectivity index (χ4v) is 1.83. The highest BCUT2D eigenvalue weighted by atomic mass is 19.1. The molecule has 0 aliphatic rings. The minimum absolute atomic E-state index is 0.000511. The van der Waals surface area contributed by atoms with Gasteiger partial charge in [-0.25, -0.2) is 8.78 Å². The number of halogens is 2. The van der Waals surface area contributed by atoms with Crippen LogP contribution >= 0.6 is 0 Å². The van der Waals surface area contributed by atoms with Gasteiger partial charge in [-0.2, -0.15) is 0 Å². The van der Waals surface area contributed by atoms with Crippen molar-refractivity contribution >= 4 is 0 Å². The molecule has 1 unspecified atom stereocenters. The van der Waals surface area contributed by atoms with Gasteiger partial charge in [-0.3, -0.25) is 0 Å². The minimum atomic E-state index is -0.576. The third-order valence-corrected chi connectivity index (χ3v) is 2.88. The second-order valence-electron chi connectivity index (χ2n) is 4.17. The highest BCUT2D eigenvalue weighted by Gasteiger charge is 2.16. The van der Waals surface area contributed by atoms with Gasteiger partial charge >= 0.3 is 0 Å². The van der Waals surface area contributed by atoms with Crippen molar-refractivity contribution in [3.05, 3.63) is 59.1 Å². The molecule has 1 aromatic heterocycles. The maximum atomic E-state index is 13.5. The summed E-state index contributed by atoms with van der Waals surface area (Å²) < 4.78 is 32.4. The topological polar surface area (TPSA) is 39.2 Å². The van der Waals surface area contributed by atoms with E-state index in [1.165, 1.54) is 18.2 Å². The lowest BCUT2D eigenvalue weighted by Crippen LogP contribution is -2.14. The summed E-state index contributed by atoms with van der Waals surface area (Å²) in [7, 11) is 0. The first-order valence-corrected chi connectivity index (χ1v) is 5.89. The highest BCUT2D eigenvalue weighted by Crippen LogP contribution is 2.22. The van der Waals surface area contributed by atoms with Gasteiger partial charge in [-0.05, 0) is 24.3 Å². The van der Waals surface area contributed by atoms with Crippen molar-refractivity contribution in [2.24, 2.45) is 5.73 Å². The van der Waals surface area contributed by atoms with Crippen LogP contribution in [0.15, 0.2) is 34.7 Å². The average Bonchev–Trinajstić information content (AvgIpc) is 2.82. The van der Waals surface area contributed by atoms with Gasteiger partial charge in [-0.15, -0.1) is 0 Å². The van der Waals surface area contributed by atoms with E-state index in [0.29, 0.717) is 5.76 Å². The molecular weight excluding hydrogens is 236 g/mol. The lowest BCUT2D eigenvalue weighted by Gasteiger charge is -2.10. The summed E-state index contributed by atoms with van der Waals surface area (Å²) in [5, 5.41) is 0. The third kappa shape index (κ3) is 2.59. The van der Waals surface area contributed by atoms with E-state index in [9.17, 15) is 8.78 Å². The SMILES string of the molecule is CCc1ccc(C(N)Cc2c(F)cccc2F)o1. The first-order valence-electron chi connectivity index (χ1n) is 5.89. The van der Waals surface area contributed by atoms with Crippen molar-refractivity contribution in [3.8, 4) is 0 Å². The molecule has 96 valence electrons. The molecule has 4 heteroatoms. The van der Waals surface area contributed by atoms with Crippen molar-refractivity contribution in [2.75, 3.05) is 0 Å². The minimum Gasteiger partial charge on any atom is -0.464 e. The Morgan fingerprint density at radius 2 is 1.83 bits per heavy atom. The van der Waals surface area contributed by atoms with Crippen LogP contribution in [0.3, 0.4) is 0 Å². The predicted molar refractivity (Wildman–Crippen MR) is 65.1 cm³/mol. The molecule has 0 fully saturated rings. The van der Waals surface area contributed by atoms with Crippen LogP contribution in [0.1, 0.15) is 30.0 Å². The van der Waals surface area contributed by atoms with Gasteiger partial charge < -0.3 is 10.2 Å². The normalized spacial score (nSPS) is 12.7. The molecule has 0 saturated carbocycles. The molecule has 0 radical (unpaired) electrons. The summed E-state index contributed by atoms with van der Waals surface area (Å²) in [6.07, 6.45) is 0.843. The molecule has 2 rings (SSSR count). The zero-order valence-corrected chi connectivity index (χ0v) is 10.1. The van der Waals surface area contributed by atoms with Crippen LogP contribution in [0.25, 0.3) is 0 Å². The second-order valence-corrected chi connectivity index (χ2v) is 4.17. The zero-order chi connectivity index (χ0) is 13.1. The van der Waals surface area contributed by atoms with Crippen molar-refractivity contribution in [1.82, 2.24) is 0 Å². The number of aryl methyl sites for hydroxylation is 1. The van der Waals surface area contributed by atoms with Crippen molar-refractivity contribution in [2.45, 2.75) is 25.8 Å². The Balaban J connectivity index is 2.18. The van der Waals surface area contributed by atoms with Crippen LogP contribution in [-0.2, 0) is 12.8 Å². The van der Waals surface area contributed by atoms with E-state index in [2.05, 4.69) is 0 Å². The van der Waals surface area contributed by atoms with Crippen molar-refractivity contribution < 1.29 is 13.2 Å². The monoisotopic (exact) mass is 251 g/mol. The molecule has 0 amide bonds. The number of hydrogen-bond acceptors (Lipinski definition) is 2. The molecule has 18 heavy (non-hydrogen) atoms. The Bertz CT molecular complexity index is 516. The van der Waals surface area contributed by atoms with Crippen LogP contribution in [0, 0.1) is 11.6 Å². The van der Waals surface area contributed by atoms with E-state index < -0.39 is 17.7 Å². The van der Waals surface area contributed by atoms with Gasteiger partial charge in [0.15, 0.2) is 0 Å². The molecule has 0 aliphatic carbocycles. The van der Waals surface area contributed by atoms with E-state index >= 15 is 0 Å². The molecule has 1 heterocycles. The van der Waals surface area contributed by atoms with Crippen LogP contribution in [0.2, 0.25) is 0 Å². The smallest absolute Gasteiger partial charge is 0.129 e. The summed E-state index contributed by atoms with van der Waals surface area (Å²) in [5.74, 6) is 0.212. The summed E-state index contributed by atoms with van der Waals surface area (Å²) >= 11 is 0. The summed E-state index contributed by atoms with van der Waals surface area (Å²) in [5.41, 5.74) is 5.91. The molecule has 2 aromatic rings. The Labute approximate surface area is 104 Å². The molecule has 0 bridgehead atoms. The quantitative estimate of drug-likeness (QED) is 0.904.